The number of rotatable bonds is 3. The summed E-state index contributed by atoms with van der Waals surface area (Å²) in [6.07, 6.45) is 8.29. The topological polar surface area (TPSA) is 78.8 Å². The van der Waals surface area contributed by atoms with Gasteiger partial charge in [0.15, 0.2) is 0 Å². The third-order valence-electron chi connectivity index (χ3n) is 7.73. The molecule has 0 radical (unpaired) electrons. The third-order valence-corrected chi connectivity index (χ3v) is 7.73. The van der Waals surface area contributed by atoms with Crippen LogP contribution in [0.25, 0.3) is 0 Å². The average Bonchev–Trinajstić information content (AvgIpc) is 3.07. The number of nitrogens with one attached hydrogen (secondary N) is 1. The molecule has 6 nitrogen and oxygen atoms in total. The number of hydrogen-bond donors (Lipinski definition) is 1. The molecule has 0 spiro atoms. The number of carbonyl (C=O) groups is 3. The minimum atomic E-state index is -0.394. The fourth-order valence-electron chi connectivity index (χ4n) is 5.43. The molecular weight excluding hydrogens is 330 g/mol. The van der Waals surface area contributed by atoms with Crippen molar-refractivity contribution < 1.29 is 14.4 Å². The fraction of sp³-hybridized carbons (Fsp3) is 0.700. The number of carbonyl (C=O) groups excluding carboxylic acids is 3. The molecule has 1 saturated heterocycles. The van der Waals surface area contributed by atoms with Crippen LogP contribution in [0.3, 0.4) is 0 Å². The predicted molar refractivity (Wildman–Crippen MR) is 96.9 cm³/mol. The van der Waals surface area contributed by atoms with Crippen molar-refractivity contribution in [2.24, 2.45) is 33.7 Å². The number of imide groups is 1. The largest absolute Gasteiger partial charge is 0.274 e. The van der Waals surface area contributed by atoms with Gasteiger partial charge >= 0.3 is 0 Å². The van der Waals surface area contributed by atoms with Crippen molar-refractivity contribution in [2.45, 2.75) is 52.9 Å². The van der Waals surface area contributed by atoms with Crippen LogP contribution in [-0.4, -0.2) is 34.9 Å². The number of amides is 3. The van der Waals surface area contributed by atoms with E-state index in [9.17, 15) is 14.4 Å². The Labute approximate surface area is 154 Å². The van der Waals surface area contributed by atoms with Crippen molar-refractivity contribution in [2.75, 3.05) is 6.54 Å². The normalized spacial score (nSPS) is 39.0. The maximum absolute atomic E-state index is 12.4. The molecule has 3 aliphatic carbocycles. The Bertz CT molecular complexity index is 713. The Morgan fingerprint density at radius 3 is 2.31 bits per heavy atom. The van der Waals surface area contributed by atoms with E-state index in [-0.39, 0.29) is 41.0 Å². The van der Waals surface area contributed by atoms with E-state index in [0.29, 0.717) is 18.8 Å². The molecule has 0 aromatic rings. The van der Waals surface area contributed by atoms with Crippen LogP contribution in [0.15, 0.2) is 17.3 Å². The average molecular weight is 357 g/mol. The first-order valence-corrected chi connectivity index (χ1v) is 9.62. The first kappa shape index (κ1) is 17.4. The number of hydrazone groups is 1. The van der Waals surface area contributed by atoms with Crippen molar-refractivity contribution >= 4 is 23.4 Å². The lowest BCUT2D eigenvalue weighted by molar-refractivity contribution is -0.143. The monoisotopic (exact) mass is 357 g/mol. The molecule has 1 heterocycles. The molecule has 4 rings (SSSR count). The van der Waals surface area contributed by atoms with Crippen LogP contribution in [0.2, 0.25) is 0 Å². The maximum Gasteiger partial charge on any atom is 0.260 e. The molecule has 3 amide bonds. The van der Waals surface area contributed by atoms with E-state index in [4.69, 9.17) is 0 Å². The molecular formula is C20H27N3O3. The Morgan fingerprint density at radius 2 is 1.81 bits per heavy atom. The fourth-order valence-corrected chi connectivity index (χ4v) is 5.43. The highest BCUT2D eigenvalue weighted by atomic mass is 16.2. The van der Waals surface area contributed by atoms with Crippen LogP contribution in [0, 0.1) is 28.6 Å². The minimum absolute atomic E-state index is 0.0187. The van der Waals surface area contributed by atoms with Gasteiger partial charge in [0.05, 0.1) is 11.8 Å². The van der Waals surface area contributed by atoms with Crippen LogP contribution in [0.5, 0.6) is 0 Å². The number of hydrogen-bond acceptors (Lipinski definition) is 4. The zero-order valence-corrected chi connectivity index (χ0v) is 15.7. The van der Waals surface area contributed by atoms with Gasteiger partial charge in [0, 0.05) is 11.1 Å². The Hall–Kier alpha value is -1.98. The molecule has 3 fully saturated rings. The molecule has 4 atom stereocenters. The highest BCUT2D eigenvalue weighted by molar-refractivity contribution is 6.07. The Balaban J connectivity index is 1.41. The zero-order chi connectivity index (χ0) is 18.7. The summed E-state index contributed by atoms with van der Waals surface area (Å²) in [4.78, 5) is 38.3. The highest BCUT2D eigenvalue weighted by Gasteiger charge is 2.60. The molecule has 4 aliphatic rings. The summed E-state index contributed by atoms with van der Waals surface area (Å²) in [6, 6.07) is 0. The number of likely N-dealkylation sites (tertiary alicyclic amines) is 1. The summed E-state index contributed by atoms with van der Waals surface area (Å²) in [5.41, 5.74) is 3.87. The summed E-state index contributed by atoms with van der Waals surface area (Å²) in [7, 11) is 0. The van der Waals surface area contributed by atoms with Gasteiger partial charge in [0.2, 0.25) is 11.8 Å². The number of allylic oxidation sites excluding steroid dienone is 2. The highest BCUT2D eigenvalue weighted by Crippen LogP contribution is 2.63. The molecule has 26 heavy (non-hydrogen) atoms. The van der Waals surface area contributed by atoms with Gasteiger partial charge in [-0.2, -0.15) is 5.10 Å². The molecule has 0 aromatic carbocycles. The Morgan fingerprint density at radius 1 is 1.19 bits per heavy atom. The second-order valence-electron chi connectivity index (χ2n) is 9.01. The van der Waals surface area contributed by atoms with Gasteiger partial charge in [-0.1, -0.05) is 32.9 Å². The lowest BCUT2D eigenvalue weighted by atomic mass is 9.70. The van der Waals surface area contributed by atoms with E-state index in [1.165, 1.54) is 6.42 Å². The van der Waals surface area contributed by atoms with Crippen LogP contribution in [0.4, 0.5) is 0 Å². The van der Waals surface area contributed by atoms with Crippen molar-refractivity contribution in [1.29, 1.82) is 0 Å². The Kier molecular flexibility index (Phi) is 3.86. The second-order valence-corrected chi connectivity index (χ2v) is 9.01. The summed E-state index contributed by atoms with van der Waals surface area (Å²) in [6.45, 7) is 6.57. The van der Waals surface area contributed by atoms with E-state index in [1.807, 2.05) is 12.2 Å². The SMILES string of the molecule is CC1(C)[C@H]2CC[C@]1(C)C(=NNC(=O)CN1C(=O)[C@H]3CC=CC[C@H]3C1=O)C2. The van der Waals surface area contributed by atoms with Crippen LogP contribution in [-0.2, 0) is 14.4 Å². The number of nitrogens with zero attached hydrogens (tertiary/aromatic N) is 2. The first-order valence-electron chi connectivity index (χ1n) is 9.62. The van der Waals surface area contributed by atoms with E-state index in [0.717, 1.165) is 23.5 Å². The molecule has 1 N–H and O–H groups in total. The smallest absolute Gasteiger partial charge is 0.260 e. The standard InChI is InChI=1S/C20H27N3O3/c1-19(2)12-8-9-20(19,3)15(10-12)21-22-16(24)11-23-17(25)13-6-4-5-7-14(13)18(23)26/h4-5,12-14H,6-11H2,1-3H3,(H,22,24)/t12-,13-,14+,20+/m0/s1. The van der Waals surface area contributed by atoms with Crippen molar-refractivity contribution in [3.8, 4) is 0 Å². The van der Waals surface area contributed by atoms with E-state index in [1.54, 1.807) is 0 Å². The summed E-state index contributed by atoms with van der Waals surface area (Å²) >= 11 is 0. The van der Waals surface area contributed by atoms with Crippen LogP contribution >= 0.6 is 0 Å². The van der Waals surface area contributed by atoms with Crippen molar-refractivity contribution in [1.82, 2.24) is 10.3 Å². The molecule has 2 bridgehead atoms. The second kappa shape index (κ2) is 5.76. The van der Waals surface area contributed by atoms with Crippen LogP contribution in [0.1, 0.15) is 52.9 Å². The molecule has 6 heteroatoms. The number of fused-ring (bicyclic) bond motifs is 3. The van der Waals surface area contributed by atoms with Crippen LogP contribution < -0.4 is 5.43 Å². The van der Waals surface area contributed by atoms with E-state index in [2.05, 4.69) is 31.3 Å². The predicted octanol–water partition coefficient (Wildman–Crippen LogP) is 2.26. The van der Waals surface area contributed by atoms with Gasteiger partial charge in [-0.25, -0.2) is 5.43 Å². The van der Waals surface area contributed by atoms with Gasteiger partial charge in [-0.3, -0.25) is 19.3 Å². The van der Waals surface area contributed by atoms with Gasteiger partial charge in [-0.05, 0) is 43.4 Å². The zero-order valence-electron chi connectivity index (χ0n) is 15.7. The summed E-state index contributed by atoms with van der Waals surface area (Å²) < 4.78 is 0. The van der Waals surface area contributed by atoms with Gasteiger partial charge in [-0.15, -0.1) is 0 Å². The first-order chi connectivity index (χ1) is 12.3. The van der Waals surface area contributed by atoms with Crippen molar-refractivity contribution in [3.05, 3.63) is 12.2 Å². The van der Waals surface area contributed by atoms with Gasteiger partial charge < -0.3 is 0 Å². The summed E-state index contributed by atoms with van der Waals surface area (Å²) in [5, 5.41) is 4.41. The third kappa shape index (κ3) is 2.30. The van der Waals surface area contributed by atoms with Crippen molar-refractivity contribution in [3.63, 3.8) is 0 Å². The maximum atomic E-state index is 12.4. The van der Waals surface area contributed by atoms with Gasteiger partial charge in [0.25, 0.3) is 5.91 Å². The quantitative estimate of drug-likeness (QED) is 0.478. The molecule has 0 unspecified atom stereocenters. The molecule has 1 aliphatic heterocycles. The summed E-state index contributed by atoms with van der Waals surface area (Å²) in [5.74, 6) is -0.815. The molecule has 2 saturated carbocycles. The van der Waals surface area contributed by atoms with E-state index < -0.39 is 5.91 Å². The minimum Gasteiger partial charge on any atom is -0.274 e. The van der Waals surface area contributed by atoms with E-state index >= 15 is 0 Å². The lowest BCUT2D eigenvalue weighted by Crippen LogP contribution is -2.40. The van der Waals surface area contributed by atoms with Gasteiger partial charge in [0.1, 0.15) is 6.54 Å². The lowest BCUT2D eigenvalue weighted by Gasteiger charge is -2.34. The molecule has 140 valence electrons. The molecule has 0 aromatic heterocycles.